The molecule has 3 aromatic rings. The van der Waals surface area contributed by atoms with Crippen LogP contribution in [0.3, 0.4) is 0 Å². The van der Waals surface area contributed by atoms with Gasteiger partial charge in [0.25, 0.3) is 0 Å². The van der Waals surface area contributed by atoms with Crippen LogP contribution in [-0.2, 0) is 19.9 Å². The SMILES string of the molecule is Cc1c[n+](C)c(-c2c(C)ccc3c2Cc2cccc(C)c2-3)cc1CC(C)(C)C. The van der Waals surface area contributed by atoms with Gasteiger partial charge in [0.05, 0.1) is 5.56 Å². The predicted molar refractivity (Wildman–Crippen MR) is 119 cm³/mol. The molecule has 1 aliphatic rings. The normalized spacial score (nSPS) is 12.8. The Bertz CT molecular complexity index is 1080. The molecule has 144 valence electrons. The molecular weight excluding hydrogens is 338 g/mol. The molecule has 0 atom stereocenters. The summed E-state index contributed by atoms with van der Waals surface area (Å²) in [6.45, 7) is 13.7. The second-order valence-corrected chi connectivity index (χ2v) is 9.78. The van der Waals surface area contributed by atoms with Crippen molar-refractivity contribution in [3.63, 3.8) is 0 Å². The van der Waals surface area contributed by atoms with Crippen LogP contribution in [0.25, 0.3) is 22.4 Å². The van der Waals surface area contributed by atoms with Gasteiger partial charge in [-0.1, -0.05) is 51.1 Å². The summed E-state index contributed by atoms with van der Waals surface area (Å²) in [5.41, 5.74) is 14.5. The molecule has 1 heterocycles. The van der Waals surface area contributed by atoms with Crippen LogP contribution >= 0.6 is 0 Å². The molecule has 0 bridgehead atoms. The van der Waals surface area contributed by atoms with Gasteiger partial charge in [-0.25, -0.2) is 4.57 Å². The third-order valence-corrected chi connectivity index (χ3v) is 6.08. The maximum Gasteiger partial charge on any atom is 0.213 e. The van der Waals surface area contributed by atoms with Gasteiger partial charge in [0.2, 0.25) is 5.69 Å². The lowest BCUT2D eigenvalue weighted by Crippen LogP contribution is -2.32. The highest BCUT2D eigenvalue weighted by Crippen LogP contribution is 2.44. The van der Waals surface area contributed by atoms with Crippen molar-refractivity contribution in [3.05, 3.63) is 76.0 Å². The van der Waals surface area contributed by atoms with E-state index >= 15 is 0 Å². The molecule has 0 saturated heterocycles. The molecule has 0 unspecified atom stereocenters. The van der Waals surface area contributed by atoms with E-state index in [1.807, 2.05) is 0 Å². The Kier molecular flexibility index (Phi) is 4.45. The van der Waals surface area contributed by atoms with Gasteiger partial charge in [0.15, 0.2) is 6.20 Å². The summed E-state index contributed by atoms with van der Waals surface area (Å²) >= 11 is 0. The molecule has 0 N–H and O–H groups in total. The summed E-state index contributed by atoms with van der Waals surface area (Å²) in [6.07, 6.45) is 4.44. The summed E-state index contributed by atoms with van der Waals surface area (Å²) in [7, 11) is 2.19. The average Bonchev–Trinajstić information content (AvgIpc) is 2.96. The minimum Gasteiger partial charge on any atom is -0.201 e. The van der Waals surface area contributed by atoms with Crippen molar-refractivity contribution >= 4 is 0 Å². The quantitative estimate of drug-likeness (QED) is 0.366. The van der Waals surface area contributed by atoms with E-state index in [1.54, 1.807) is 0 Å². The van der Waals surface area contributed by atoms with Crippen molar-refractivity contribution < 1.29 is 4.57 Å². The van der Waals surface area contributed by atoms with E-state index in [2.05, 4.69) is 95.8 Å². The Morgan fingerprint density at radius 3 is 2.32 bits per heavy atom. The van der Waals surface area contributed by atoms with Crippen LogP contribution < -0.4 is 4.57 Å². The van der Waals surface area contributed by atoms with Gasteiger partial charge >= 0.3 is 0 Å². The second kappa shape index (κ2) is 6.58. The highest BCUT2D eigenvalue weighted by Gasteiger charge is 2.28. The van der Waals surface area contributed by atoms with Gasteiger partial charge in [0, 0.05) is 11.6 Å². The number of aryl methyl sites for hydroxylation is 4. The summed E-state index contributed by atoms with van der Waals surface area (Å²) in [5.74, 6) is 0. The van der Waals surface area contributed by atoms with E-state index in [9.17, 15) is 0 Å². The van der Waals surface area contributed by atoms with Crippen LogP contribution in [0.5, 0.6) is 0 Å². The molecule has 4 rings (SSSR count). The molecule has 28 heavy (non-hydrogen) atoms. The van der Waals surface area contributed by atoms with E-state index in [-0.39, 0.29) is 5.41 Å². The van der Waals surface area contributed by atoms with E-state index in [4.69, 9.17) is 0 Å². The fraction of sp³-hybridized carbons (Fsp3) is 0.370. The largest absolute Gasteiger partial charge is 0.213 e. The summed E-state index contributed by atoms with van der Waals surface area (Å²) in [6, 6.07) is 13.8. The molecule has 1 nitrogen and oxygen atoms in total. The Hall–Kier alpha value is -2.41. The Balaban J connectivity index is 1.94. The van der Waals surface area contributed by atoms with Gasteiger partial charge in [-0.05, 0) is 78.0 Å². The number of hydrogen-bond acceptors (Lipinski definition) is 0. The zero-order valence-electron chi connectivity index (χ0n) is 18.4. The Labute approximate surface area is 170 Å². The number of nitrogens with zero attached hydrogens (tertiary/aromatic N) is 1. The maximum absolute atomic E-state index is 2.44. The zero-order chi connectivity index (χ0) is 20.2. The van der Waals surface area contributed by atoms with E-state index in [0.29, 0.717) is 0 Å². The third kappa shape index (κ3) is 3.17. The van der Waals surface area contributed by atoms with Crippen molar-refractivity contribution in [2.24, 2.45) is 12.5 Å². The van der Waals surface area contributed by atoms with Gasteiger partial charge in [-0.15, -0.1) is 0 Å². The predicted octanol–water partition coefficient (Wildman–Crippen LogP) is 6.26. The molecule has 0 saturated carbocycles. The first-order valence-corrected chi connectivity index (χ1v) is 10.4. The molecular formula is C27H32N+. The minimum absolute atomic E-state index is 0.281. The van der Waals surface area contributed by atoms with Crippen molar-refractivity contribution in [1.82, 2.24) is 0 Å². The van der Waals surface area contributed by atoms with Crippen molar-refractivity contribution in [1.29, 1.82) is 0 Å². The number of fused-ring (bicyclic) bond motifs is 3. The zero-order valence-corrected chi connectivity index (χ0v) is 18.4. The monoisotopic (exact) mass is 370 g/mol. The number of pyridine rings is 1. The van der Waals surface area contributed by atoms with E-state index in [1.165, 1.54) is 55.8 Å². The molecule has 1 heteroatoms. The standard InChI is InChI=1S/C27H32N/c1-17-9-8-10-20-13-23-22(25(17)20)12-11-18(2)26(23)24-14-21(15-27(4,5)6)19(3)16-28(24)7/h8-12,14,16H,13,15H2,1-7H3/q+1. The lowest BCUT2D eigenvalue weighted by molar-refractivity contribution is -0.660. The smallest absolute Gasteiger partial charge is 0.201 e. The minimum atomic E-state index is 0.281. The highest BCUT2D eigenvalue weighted by atomic mass is 14.9. The fourth-order valence-electron chi connectivity index (χ4n) is 4.82. The lowest BCUT2D eigenvalue weighted by Gasteiger charge is -2.20. The number of benzene rings is 2. The van der Waals surface area contributed by atoms with Crippen LogP contribution in [-0.4, -0.2) is 0 Å². The van der Waals surface area contributed by atoms with Gasteiger partial charge < -0.3 is 0 Å². The highest BCUT2D eigenvalue weighted by molar-refractivity contribution is 5.86. The van der Waals surface area contributed by atoms with Gasteiger partial charge in [-0.2, -0.15) is 0 Å². The van der Waals surface area contributed by atoms with Crippen LogP contribution in [0.4, 0.5) is 0 Å². The van der Waals surface area contributed by atoms with E-state index < -0.39 is 0 Å². The molecule has 0 aliphatic heterocycles. The third-order valence-electron chi connectivity index (χ3n) is 6.08. The first-order valence-electron chi connectivity index (χ1n) is 10.4. The molecule has 1 aliphatic carbocycles. The van der Waals surface area contributed by atoms with E-state index in [0.717, 1.165) is 12.8 Å². The van der Waals surface area contributed by atoms with Crippen molar-refractivity contribution in [3.8, 4) is 22.4 Å². The number of hydrogen-bond donors (Lipinski definition) is 0. The molecule has 0 amide bonds. The van der Waals surface area contributed by atoms with Crippen LogP contribution in [0.1, 0.15) is 54.2 Å². The maximum atomic E-state index is 2.44. The topological polar surface area (TPSA) is 3.88 Å². The summed E-state index contributed by atoms with van der Waals surface area (Å²) in [4.78, 5) is 0. The molecule has 0 fully saturated rings. The lowest BCUT2D eigenvalue weighted by atomic mass is 9.85. The summed E-state index contributed by atoms with van der Waals surface area (Å²) in [5, 5.41) is 0. The second-order valence-electron chi connectivity index (χ2n) is 9.78. The van der Waals surface area contributed by atoms with Crippen LogP contribution in [0, 0.1) is 26.2 Å². The summed E-state index contributed by atoms with van der Waals surface area (Å²) < 4.78 is 2.32. The first-order chi connectivity index (χ1) is 13.2. The van der Waals surface area contributed by atoms with Gasteiger partial charge in [-0.3, -0.25) is 0 Å². The first kappa shape index (κ1) is 18.9. The molecule has 1 aromatic heterocycles. The van der Waals surface area contributed by atoms with Crippen LogP contribution in [0.15, 0.2) is 42.6 Å². The Morgan fingerprint density at radius 2 is 1.61 bits per heavy atom. The number of aromatic nitrogens is 1. The van der Waals surface area contributed by atoms with Gasteiger partial charge in [0.1, 0.15) is 7.05 Å². The number of rotatable bonds is 2. The van der Waals surface area contributed by atoms with Crippen LogP contribution in [0.2, 0.25) is 0 Å². The molecule has 0 radical (unpaired) electrons. The van der Waals surface area contributed by atoms with Crippen molar-refractivity contribution in [2.75, 3.05) is 0 Å². The fourth-order valence-corrected chi connectivity index (χ4v) is 4.82. The average molecular weight is 371 g/mol. The van der Waals surface area contributed by atoms with Crippen molar-refractivity contribution in [2.45, 2.75) is 54.4 Å². The molecule has 2 aromatic carbocycles. The Morgan fingerprint density at radius 1 is 0.893 bits per heavy atom. The molecule has 0 spiro atoms.